The number of anilines is 1. The number of aryl methyl sites for hydroxylation is 1. The third kappa shape index (κ3) is 1.95. The molecule has 2 aromatic heterocycles. The molecule has 3 rings (SSSR count). The molecule has 1 saturated heterocycles. The molecule has 0 spiro atoms. The number of amides is 1. The number of nitrogens with one attached hydrogen (secondary N) is 2. The number of aromatic nitrogens is 5. The van der Waals surface area contributed by atoms with E-state index in [1.807, 2.05) is 0 Å². The maximum Gasteiger partial charge on any atom is 0.322 e. The normalized spacial score (nSPS) is 15.4. The number of nitrogens with zero attached hydrogens (tertiary/aromatic N) is 5. The zero-order valence-electron chi connectivity index (χ0n) is 9.62. The van der Waals surface area contributed by atoms with E-state index in [0.717, 1.165) is 13.1 Å². The Morgan fingerprint density at radius 1 is 1.50 bits per heavy atom. The third-order valence-electron chi connectivity index (χ3n) is 2.62. The minimum atomic E-state index is -0.419. The van der Waals surface area contributed by atoms with Gasteiger partial charge in [-0.15, -0.1) is 10.2 Å². The van der Waals surface area contributed by atoms with Gasteiger partial charge in [0, 0.05) is 20.0 Å². The fraction of sp³-hybridized carbons (Fsp3) is 0.444. The molecule has 0 unspecified atom stereocenters. The zero-order valence-corrected chi connectivity index (χ0v) is 9.62. The topological polar surface area (TPSA) is 111 Å². The molecule has 0 aromatic carbocycles. The number of hydrogen-bond donors (Lipinski definition) is 2. The van der Waals surface area contributed by atoms with Crippen molar-refractivity contribution in [2.45, 2.75) is 13.0 Å². The molecule has 94 valence electrons. The van der Waals surface area contributed by atoms with E-state index in [0.29, 0.717) is 5.89 Å². The van der Waals surface area contributed by atoms with E-state index in [1.54, 1.807) is 17.8 Å². The standard InChI is InChI=1S/C9H11N7O2/c1-5-12-14-9(18-5)11-8(17)7-4-16(15-13-7)6-2-10-3-6/h4,6,10H,2-3H2,1H3,(H,11,14,17). The van der Waals surface area contributed by atoms with E-state index in [1.165, 1.54) is 0 Å². The molecular formula is C9H11N7O2. The van der Waals surface area contributed by atoms with Gasteiger partial charge in [0.05, 0.1) is 12.2 Å². The fourth-order valence-electron chi connectivity index (χ4n) is 1.53. The summed E-state index contributed by atoms with van der Waals surface area (Å²) in [6.07, 6.45) is 1.60. The number of carbonyl (C=O) groups is 1. The first-order valence-electron chi connectivity index (χ1n) is 5.46. The van der Waals surface area contributed by atoms with Crippen LogP contribution in [0.5, 0.6) is 0 Å². The highest BCUT2D eigenvalue weighted by atomic mass is 16.4. The van der Waals surface area contributed by atoms with Crippen molar-refractivity contribution in [3.63, 3.8) is 0 Å². The van der Waals surface area contributed by atoms with Crippen LogP contribution in [0.4, 0.5) is 6.01 Å². The molecule has 1 fully saturated rings. The van der Waals surface area contributed by atoms with Gasteiger partial charge >= 0.3 is 6.01 Å². The van der Waals surface area contributed by atoms with Crippen molar-refractivity contribution in [2.24, 2.45) is 0 Å². The Morgan fingerprint density at radius 2 is 2.33 bits per heavy atom. The second-order valence-corrected chi connectivity index (χ2v) is 3.98. The monoisotopic (exact) mass is 249 g/mol. The van der Waals surface area contributed by atoms with Crippen molar-refractivity contribution in [2.75, 3.05) is 18.4 Å². The van der Waals surface area contributed by atoms with Gasteiger partial charge in [0.2, 0.25) is 5.89 Å². The summed E-state index contributed by atoms with van der Waals surface area (Å²) >= 11 is 0. The van der Waals surface area contributed by atoms with E-state index in [-0.39, 0.29) is 17.8 Å². The summed E-state index contributed by atoms with van der Waals surface area (Å²) in [6, 6.07) is 0.321. The Balaban J connectivity index is 1.70. The number of hydrogen-bond acceptors (Lipinski definition) is 7. The smallest absolute Gasteiger partial charge is 0.322 e. The summed E-state index contributed by atoms with van der Waals surface area (Å²) in [7, 11) is 0. The highest BCUT2D eigenvalue weighted by Gasteiger charge is 2.22. The Labute approximate surface area is 102 Å². The Bertz CT molecular complexity index is 571. The van der Waals surface area contributed by atoms with E-state index in [9.17, 15) is 4.79 Å². The summed E-state index contributed by atoms with van der Waals surface area (Å²) in [4.78, 5) is 11.8. The third-order valence-corrected chi connectivity index (χ3v) is 2.62. The van der Waals surface area contributed by atoms with Crippen molar-refractivity contribution < 1.29 is 9.21 Å². The average molecular weight is 249 g/mol. The van der Waals surface area contributed by atoms with Crippen LogP contribution in [-0.2, 0) is 0 Å². The van der Waals surface area contributed by atoms with Gasteiger partial charge in [-0.25, -0.2) is 4.68 Å². The van der Waals surface area contributed by atoms with Crippen LogP contribution in [0.3, 0.4) is 0 Å². The first-order chi connectivity index (χ1) is 8.72. The molecule has 9 heteroatoms. The Hall–Kier alpha value is -2.29. The zero-order chi connectivity index (χ0) is 12.5. The quantitative estimate of drug-likeness (QED) is 0.744. The van der Waals surface area contributed by atoms with Crippen molar-refractivity contribution in [3.8, 4) is 0 Å². The maximum absolute atomic E-state index is 11.8. The highest BCUT2D eigenvalue weighted by molar-refractivity contribution is 6.01. The molecule has 0 bridgehead atoms. The van der Waals surface area contributed by atoms with Gasteiger partial charge < -0.3 is 9.73 Å². The molecule has 1 aliphatic heterocycles. The van der Waals surface area contributed by atoms with Crippen molar-refractivity contribution in [3.05, 3.63) is 17.8 Å². The molecule has 1 aliphatic rings. The lowest BCUT2D eigenvalue weighted by Crippen LogP contribution is -2.43. The lowest BCUT2D eigenvalue weighted by atomic mass is 10.2. The second kappa shape index (κ2) is 4.18. The molecule has 0 saturated carbocycles. The summed E-state index contributed by atoms with van der Waals surface area (Å²) < 4.78 is 6.71. The van der Waals surface area contributed by atoms with Gasteiger partial charge in [0.15, 0.2) is 5.69 Å². The van der Waals surface area contributed by atoms with Gasteiger partial charge in [0.1, 0.15) is 0 Å². The van der Waals surface area contributed by atoms with Crippen LogP contribution in [0.25, 0.3) is 0 Å². The van der Waals surface area contributed by atoms with Crippen LogP contribution in [-0.4, -0.2) is 44.2 Å². The first-order valence-corrected chi connectivity index (χ1v) is 5.46. The van der Waals surface area contributed by atoms with E-state index >= 15 is 0 Å². The second-order valence-electron chi connectivity index (χ2n) is 3.98. The summed E-state index contributed by atoms with van der Waals surface area (Å²) in [5, 5.41) is 20.6. The minimum absolute atomic E-state index is 0.0531. The molecule has 18 heavy (non-hydrogen) atoms. The summed E-state index contributed by atoms with van der Waals surface area (Å²) in [5.74, 6) is -0.0355. The van der Waals surface area contributed by atoms with Gasteiger partial charge in [-0.1, -0.05) is 10.3 Å². The lowest BCUT2D eigenvalue weighted by molar-refractivity contribution is 0.101. The van der Waals surface area contributed by atoms with Crippen molar-refractivity contribution in [1.29, 1.82) is 0 Å². The van der Waals surface area contributed by atoms with Crippen LogP contribution in [0.2, 0.25) is 0 Å². The van der Waals surface area contributed by atoms with Crippen LogP contribution in [0.15, 0.2) is 10.6 Å². The van der Waals surface area contributed by atoms with Crippen LogP contribution >= 0.6 is 0 Å². The van der Waals surface area contributed by atoms with E-state index < -0.39 is 5.91 Å². The molecule has 3 heterocycles. The van der Waals surface area contributed by atoms with Gasteiger partial charge in [0.25, 0.3) is 5.91 Å². The molecule has 0 aliphatic carbocycles. The Morgan fingerprint density at radius 3 is 2.94 bits per heavy atom. The predicted octanol–water partition coefficient (Wildman–Crippen LogP) is -0.634. The predicted molar refractivity (Wildman–Crippen MR) is 58.9 cm³/mol. The lowest BCUT2D eigenvalue weighted by Gasteiger charge is -2.26. The van der Waals surface area contributed by atoms with Crippen molar-refractivity contribution >= 4 is 11.9 Å². The molecule has 2 N–H and O–H groups in total. The summed E-state index contributed by atoms with van der Waals surface area (Å²) in [5.41, 5.74) is 0.220. The molecule has 9 nitrogen and oxygen atoms in total. The van der Waals surface area contributed by atoms with Gasteiger partial charge in [-0.2, -0.15) is 0 Å². The first kappa shape index (κ1) is 10.8. The fourth-order valence-corrected chi connectivity index (χ4v) is 1.53. The van der Waals surface area contributed by atoms with Crippen LogP contribution in [0.1, 0.15) is 22.4 Å². The molecule has 0 radical (unpaired) electrons. The molecular weight excluding hydrogens is 238 g/mol. The van der Waals surface area contributed by atoms with E-state index in [4.69, 9.17) is 4.42 Å². The molecule has 1 amide bonds. The number of rotatable bonds is 3. The van der Waals surface area contributed by atoms with Gasteiger partial charge in [-0.3, -0.25) is 10.1 Å². The molecule has 2 aromatic rings. The average Bonchev–Trinajstić information content (AvgIpc) is 2.86. The number of carbonyl (C=O) groups excluding carboxylic acids is 1. The van der Waals surface area contributed by atoms with Crippen LogP contribution < -0.4 is 10.6 Å². The van der Waals surface area contributed by atoms with Gasteiger partial charge in [-0.05, 0) is 0 Å². The highest BCUT2D eigenvalue weighted by Crippen LogP contribution is 2.11. The SMILES string of the molecule is Cc1nnc(NC(=O)c2cn(C3CNC3)nn2)o1. The summed E-state index contributed by atoms with van der Waals surface area (Å²) in [6.45, 7) is 3.32. The van der Waals surface area contributed by atoms with Crippen LogP contribution in [0, 0.1) is 6.92 Å². The maximum atomic E-state index is 11.8. The molecule has 0 atom stereocenters. The van der Waals surface area contributed by atoms with Crippen molar-refractivity contribution in [1.82, 2.24) is 30.5 Å². The largest absolute Gasteiger partial charge is 0.408 e. The minimum Gasteiger partial charge on any atom is -0.408 e. The Kier molecular flexibility index (Phi) is 2.52. The van der Waals surface area contributed by atoms with E-state index in [2.05, 4.69) is 31.1 Å².